The van der Waals surface area contributed by atoms with E-state index >= 15 is 0 Å². The average molecular weight is 538 g/mol. The summed E-state index contributed by atoms with van der Waals surface area (Å²) in [5.41, 5.74) is 5.83. The maximum Gasteiger partial charge on any atom is 0.417 e. The first-order valence-corrected chi connectivity index (χ1v) is 13.0. The maximum atomic E-state index is 13.7. The number of halogens is 3. The number of nitrogen functional groups attached to an aromatic ring is 1. The molecule has 0 aliphatic heterocycles. The predicted octanol–water partition coefficient (Wildman–Crippen LogP) is 3.78. The number of hydrogen-bond donors (Lipinski definition) is 3. The van der Waals surface area contributed by atoms with Gasteiger partial charge >= 0.3 is 6.18 Å². The van der Waals surface area contributed by atoms with Crippen molar-refractivity contribution in [1.29, 1.82) is 0 Å². The standard InChI is InChI=1S/C27H26F3N7O2/c28-27(29,30)26(39)12-25(13-26,24(38)35-17-4-5-17)16-3-1-2-15(10-16)21-11-19(22-23(31)32-14-34-37(21)22)20-8-9-33-36(20)18-6-7-18/h1-3,8-11,14,17-18,39H,4-7,12-13H2,(H,35,38)(H2,31,32,34). The lowest BCUT2D eigenvalue weighted by Gasteiger charge is -2.52. The predicted molar refractivity (Wildman–Crippen MR) is 135 cm³/mol. The zero-order valence-corrected chi connectivity index (χ0v) is 20.8. The van der Waals surface area contributed by atoms with Crippen LogP contribution in [0.15, 0.2) is 48.9 Å². The van der Waals surface area contributed by atoms with E-state index in [9.17, 15) is 23.1 Å². The molecule has 0 bridgehead atoms. The van der Waals surface area contributed by atoms with Crippen molar-refractivity contribution in [2.24, 2.45) is 0 Å². The van der Waals surface area contributed by atoms with Gasteiger partial charge in [-0.3, -0.25) is 9.48 Å². The number of amides is 1. The van der Waals surface area contributed by atoms with E-state index < -0.39 is 35.9 Å². The van der Waals surface area contributed by atoms with Crippen LogP contribution in [0.3, 0.4) is 0 Å². The Bertz CT molecular complexity index is 1610. The van der Waals surface area contributed by atoms with Crippen LogP contribution in [0.4, 0.5) is 19.0 Å². The lowest BCUT2D eigenvalue weighted by Crippen LogP contribution is -2.67. The number of benzene rings is 1. The van der Waals surface area contributed by atoms with E-state index in [4.69, 9.17) is 5.73 Å². The minimum Gasteiger partial charge on any atom is -0.382 e. The number of fused-ring (bicyclic) bond motifs is 1. The number of hydrogen-bond acceptors (Lipinski definition) is 6. The number of carbonyl (C=O) groups is 1. The first kappa shape index (κ1) is 24.1. The van der Waals surface area contributed by atoms with Crippen LogP contribution in [0.1, 0.15) is 50.1 Å². The first-order valence-electron chi connectivity index (χ1n) is 13.0. The van der Waals surface area contributed by atoms with Gasteiger partial charge < -0.3 is 16.2 Å². The molecule has 0 radical (unpaired) electrons. The summed E-state index contributed by atoms with van der Waals surface area (Å²) in [6, 6.07) is 11.0. The number of alkyl halides is 3. The van der Waals surface area contributed by atoms with Gasteiger partial charge in [0.2, 0.25) is 5.91 Å². The number of aromatic nitrogens is 5. The molecule has 1 aromatic carbocycles. The summed E-state index contributed by atoms with van der Waals surface area (Å²) in [6.07, 6.45) is 0.441. The van der Waals surface area contributed by atoms with Crippen LogP contribution < -0.4 is 11.1 Å². The lowest BCUT2D eigenvalue weighted by atomic mass is 9.55. The van der Waals surface area contributed by atoms with Gasteiger partial charge in [0.05, 0.1) is 22.8 Å². The molecule has 12 heteroatoms. The average Bonchev–Trinajstić information content (AvgIpc) is 3.80. The third-order valence-corrected chi connectivity index (χ3v) is 8.20. The fraction of sp³-hybridized carbons (Fsp3) is 0.407. The molecule has 0 spiro atoms. The minimum atomic E-state index is -4.83. The van der Waals surface area contributed by atoms with Gasteiger partial charge in [-0.25, -0.2) is 9.50 Å². The molecule has 4 N–H and O–H groups in total. The molecule has 3 saturated carbocycles. The summed E-state index contributed by atoms with van der Waals surface area (Å²) in [6.45, 7) is 0. The second-order valence-electron chi connectivity index (χ2n) is 11.0. The van der Waals surface area contributed by atoms with Crippen LogP contribution in [0.5, 0.6) is 0 Å². The molecule has 0 saturated heterocycles. The topological polar surface area (TPSA) is 123 Å². The Labute approximate surface area is 220 Å². The lowest BCUT2D eigenvalue weighted by molar-refractivity contribution is -0.301. The summed E-state index contributed by atoms with van der Waals surface area (Å²) in [4.78, 5) is 17.5. The van der Waals surface area contributed by atoms with Crippen LogP contribution in [-0.4, -0.2) is 53.2 Å². The number of rotatable bonds is 6. The smallest absolute Gasteiger partial charge is 0.382 e. The normalized spacial score (nSPS) is 25.0. The first-order chi connectivity index (χ1) is 18.6. The molecule has 3 aliphatic carbocycles. The highest BCUT2D eigenvalue weighted by molar-refractivity contribution is 5.93. The SMILES string of the molecule is Nc1ncnn2c(-c3cccc(C4(C(=O)NC5CC5)CC(O)(C(F)(F)F)C4)c3)cc(-c3ccnn3C3CC3)c12. The Kier molecular flexibility index (Phi) is 4.98. The second kappa shape index (κ2) is 8.04. The molecule has 7 rings (SSSR count). The molecule has 3 fully saturated rings. The monoisotopic (exact) mass is 537 g/mol. The number of aliphatic hydroxyl groups is 1. The van der Waals surface area contributed by atoms with Gasteiger partial charge in [0.25, 0.3) is 0 Å². The van der Waals surface area contributed by atoms with Gasteiger partial charge in [-0.2, -0.15) is 23.4 Å². The highest BCUT2D eigenvalue weighted by Gasteiger charge is 2.70. The molecular formula is C27H26F3N7O2. The van der Waals surface area contributed by atoms with Crippen molar-refractivity contribution in [2.45, 2.75) is 67.8 Å². The Morgan fingerprint density at radius 1 is 1.08 bits per heavy atom. The summed E-state index contributed by atoms with van der Waals surface area (Å²) in [5, 5.41) is 22.1. The second-order valence-corrected chi connectivity index (χ2v) is 11.0. The third-order valence-electron chi connectivity index (χ3n) is 8.20. The molecular weight excluding hydrogens is 511 g/mol. The Morgan fingerprint density at radius 2 is 1.85 bits per heavy atom. The Morgan fingerprint density at radius 3 is 2.54 bits per heavy atom. The number of nitrogens with two attached hydrogens (primary N) is 1. The van der Waals surface area contributed by atoms with Gasteiger partial charge in [-0.1, -0.05) is 18.2 Å². The van der Waals surface area contributed by atoms with Crippen LogP contribution in [0.2, 0.25) is 0 Å². The van der Waals surface area contributed by atoms with E-state index in [1.807, 2.05) is 22.9 Å². The summed E-state index contributed by atoms with van der Waals surface area (Å²) < 4.78 is 44.6. The van der Waals surface area contributed by atoms with E-state index in [1.54, 1.807) is 28.9 Å². The van der Waals surface area contributed by atoms with Gasteiger partial charge in [0, 0.05) is 36.2 Å². The molecule has 9 nitrogen and oxygen atoms in total. The highest BCUT2D eigenvalue weighted by Crippen LogP contribution is 2.57. The quantitative estimate of drug-likeness (QED) is 0.344. The summed E-state index contributed by atoms with van der Waals surface area (Å²) in [7, 11) is 0. The number of nitrogens with one attached hydrogen (secondary N) is 1. The van der Waals surface area contributed by atoms with Gasteiger partial charge in [-0.15, -0.1) is 0 Å². The Balaban J connectivity index is 1.34. The van der Waals surface area contributed by atoms with Gasteiger partial charge in [0.1, 0.15) is 11.8 Å². The van der Waals surface area contributed by atoms with E-state index in [0.29, 0.717) is 28.4 Å². The zero-order chi connectivity index (χ0) is 27.2. The minimum absolute atomic E-state index is 0.0368. The molecule has 202 valence electrons. The van der Waals surface area contributed by atoms with Crippen molar-refractivity contribution in [3.05, 3.63) is 54.5 Å². The van der Waals surface area contributed by atoms with Crippen molar-refractivity contribution in [2.75, 3.05) is 5.73 Å². The summed E-state index contributed by atoms with van der Waals surface area (Å²) >= 11 is 0. The van der Waals surface area contributed by atoms with Gasteiger partial charge in [-0.05, 0) is 49.4 Å². The maximum absolute atomic E-state index is 13.7. The van der Waals surface area contributed by atoms with Crippen molar-refractivity contribution >= 4 is 17.2 Å². The molecule has 0 unspecified atom stereocenters. The van der Waals surface area contributed by atoms with Crippen molar-refractivity contribution in [3.8, 4) is 22.5 Å². The number of carbonyl (C=O) groups excluding carboxylic acids is 1. The van der Waals surface area contributed by atoms with Crippen LogP contribution in [0, 0.1) is 0 Å². The molecule has 3 aromatic heterocycles. The Hall–Kier alpha value is -3.93. The molecule has 39 heavy (non-hydrogen) atoms. The van der Waals surface area contributed by atoms with Gasteiger partial charge in [0.15, 0.2) is 11.4 Å². The number of anilines is 1. The molecule has 3 aliphatic rings. The zero-order valence-electron chi connectivity index (χ0n) is 20.8. The van der Waals surface area contributed by atoms with Crippen molar-refractivity contribution in [1.82, 2.24) is 29.7 Å². The summed E-state index contributed by atoms with van der Waals surface area (Å²) in [5.74, 6) is -0.211. The van der Waals surface area contributed by atoms with Crippen molar-refractivity contribution < 1.29 is 23.1 Å². The highest BCUT2D eigenvalue weighted by atomic mass is 19.4. The molecule has 4 aromatic rings. The van der Waals surface area contributed by atoms with Crippen molar-refractivity contribution in [3.63, 3.8) is 0 Å². The van der Waals surface area contributed by atoms with Crippen LogP contribution >= 0.6 is 0 Å². The van der Waals surface area contributed by atoms with Crippen LogP contribution in [-0.2, 0) is 10.2 Å². The number of nitrogens with zero attached hydrogens (tertiary/aromatic N) is 5. The molecule has 0 atom stereocenters. The van der Waals surface area contributed by atoms with E-state index in [-0.39, 0.29) is 11.9 Å². The van der Waals surface area contributed by atoms with Crippen LogP contribution in [0.25, 0.3) is 28.0 Å². The largest absolute Gasteiger partial charge is 0.417 e. The molecule has 1 amide bonds. The van der Waals surface area contributed by atoms with E-state index in [2.05, 4.69) is 20.5 Å². The fourth-order valence-corrected chi connectivity index (χ4v) is 5.78. The van der Waals surface area contributed by atoms with E-state index in [1.165, 1.54) is 6.33 Å². The van der Waals surface area contributed by atoms with E-state index in [0.717, 1.165) is 36.9 Å². The fourth-order valence-electron chi connectivity index (χ4n) is 5.78. The molecule has 3 heterocycles. The third kappa shape index (κ3) is 3.72.